The SMILES string of the molecule is CC(C)(C)OC(=O)NCCON=C(C(=O)NC1C(=O)N2C(C(=O)O)=C(CSc3nnnn3CC(=O)O)CS[C@H]12)c1nsc(N)n1. The van der Waals surface area contributed by atoms with Gasteiger partial charge in [0.25, 0.3) is 11.8 Å². The smallest absolute Gasteiger partial charge is 0.407 e. The molecule has 2 aromatic heterocycles. The Labute approximate surface area is 266 Å². The van der Waals surface area contributed by atoms with Gasteiger partial charge in [0.1, 0.15) is 35.9 Å². The average molecular weight is 686 g/mol. The number of carbonyl (C=O) groups is 5. The lowest BCUT2D eigenvalue weighted by Crippen LogP contribution is -2.71. The molecule has 2 atom stereocenters. The molecule has 2 aliphatic heterocycles. The van der Waals surface area contributed by atoms with E-state index in [1.807, 2.05) is 0 Å². The molecule has 0 aromatic carbocycles. The molecule has 2 aromatic rings. The Balaban J connectivity index is 1.41. The first-order chi connectivity index (χ1) is 21.2. The van der Waals surface area contributed by atoms with Gasteiger partial charge in [0, 0.05) is 23.0 Å². The number of thioether (sulfide) groups is 2. The zero-order valence-corrected chi connectivity index (χ0v) is 26.3. The number of nitrogens with one attached hydrogen (secondary N) is 2. The van der Waals surface area contributed by atoms with Gasteiger partial charge in [-0.05, 0) is 36.8 Å². The van der Waals surface area contributed by atoms with Gasteiger partial charge >= 0.3 is 18.0 Å². The topological polar surface area (TPSA) is 279 Å². The number of alkyl carbamates (subject to hydrolysis) is 1. The number of anilines is 1. The van der Waals surface area contributed by atoms with E-state index in [4.69, 9.17) is 20.4 Å². The Hall–Kier alpha value is -4.51. The highest BCUT2D eigenvalue weighted by atomic mass is 32.2. The molecule has 6 N–H and O–H groups in total. The van der Waals surface area contributed by atoms with Gasteiger partial charge in [0.2, 0.25) is 16.7 Å². The monoisotopic (exact) mass is 685 g/mol. The number of hydrogen-bond acceptors (Lipinski definition) is 17. The number of carboxylic acid groups (broad SMARTS) is 2. The van der Waals surface area contributed by atoms with Crippen molar-refractivity contribution < 1.29 is 43.8 Å². The fourth-order valence-corrected chi connectivity index (χ4v) is 6.62. The fourth-order valence-electron chi connectivity index (χ4n) is 3.82. The first-order valence-corrected chi connectivity index (χ1v) is 15.6. The Bertz CT molecular complexity index is 1550. The van der Waals surface area contributed by atoms with Crippen molar-refractivity contribution in [1.29, 1.82) is 0 Å². The molecule has 45 heavy (non-hydrogen) atoms. The minimum absolute atomic E-state index is 0.00583. The van der Waals surface area contributed by atoms with E-state index in [2.05, 4.69) is 40.7 Å². The van der Waals surface area contributed by atoms with Gasteiger partial charge in [-0.25, -0.2) is 14.3 Å². The molecule has 0 radical (unpaired) electrons. The first kappa shape index (κ1) is 33.4. The standard InChI is InChI=1S/C22H27N11O9S3/c1-22(2,3)42-21(40)24-4-5-41-28-11(14-26-19(23)45-29-14)15(36)25-12-16(37)33-13(18(38)39)9(7-43-17(12)33)8-44-20-27-30-31-32(20)6-10(34)35/h12,17H,4-8H2,1-3H3,(H,24,40)(H,25,36)(H,34,35)(H,38,39)(H2,23,26,29)/t12?,17-/m1/s1. The summed E-state index contributed by atoms with van der Waals surface area (Å²) < 4.78 is 10.1. The molecule has 20 nitrogen and oxygen atoms in total. The lowest BCUT2D eigenvalue weighted by Gasteiger charge is -2.49. The number of nitrogens with zero attached hydrogens (tertiary/aromatic N) is 8. The van der Waals surface area contributed by atoms with Crippen LogP contribution in [0.25, 0.3) is 0 Å². The Morgan fingerprint density at radius 3 is 2.64 bits per heavy atom. The van der Waals surface area contributed by atoms with Crippen molar-refractivity contribution in [2.24, 2.45) is 5.16 Å². The van der Waals surface area contributed by atoms with Crippen molar-refractivity contribution in [3.8, 4) is 0 Å². The third kappa shape index (κ3) is 8.36. The molecule has 0 saturated carbocycles. The summed E-state index contributed by atoms with van der Waals surface area (Å²) in [6.07, 6.45) is -0.671. The molecule has 0 aliphatic carbocycles. The maximum absolute atomic E-state index is 13.2. The van der Waals surface area contributed by atoms with E-state index in [-0.39, 0.29) is 46.5 Å². The van der Waals surface area contributed by atoms with E-state index in [0.717, 1.165) is 32.9 Å². The van der Waals surface area contributed by atoms with Crippen LogP contribution in [0, 0.1) is 0 Å². The molecule has 3 amide bonds. The van der Waals surface area contributed by atoms with E-state index in [1.165, 1.54) is 11.8 Å². The number of ether oxygens (including phenoxy) is 1. The van der Waals surface area contributed by atoms with Gasteiger partial charge in [0.05, 0.1) is 6.54 Å². The molecule has 23 heteroatoms. The maximum Gasteiger partial charge on any atom is 0.407 e. The van der Waals surface area contributed by atoms with Crippen LogP contribution < -0.4 is 16.4 Å². The minimum Gasteiger partial charge on any atom is -0.480 e. The zero-order chi connectivity index (χ0) is 32.9. The van der Waals surface area contributed by atoms with E-state index in [1.54, 1.807) is 20.8 Å². The number of fused-ring (bicyclic) bond motifs is 1. The number of aromatic nitrogens is 6. The van der Waals surface area contributed by atoms with Crippen molar-refractivity contribution >= 4 is 75.7 Å². The number of oxime groups is 1. The summed E-state index contributed by atoms with van der Waals surface area (Å²) >= 11 is 3.04. The molecule has 4 rings (SSSR count). The number of hydrogen-bond donors (Lipinski definition) is 5. The Morgan fingerprint density at radius 2 is 2.00 bits per heavy atom. The van der Waals surface area contributed by atoms with Crippen molar-refractivity contribution in [3.05, 3.63) is 17.1 Å². The van der Waals surface area contributed by atoms with Crippen molar-refractivity contribution in [3.63, 3.8) is 0 Å². The second kappa shape index (κ2) is 14.1. The molecule has 0 bridgehead atoms. The van der Waals surface area contributed by atoms with Crippen LogP contribution in [-0.4, -0.2) is 122 Å². The van der Waals surface area contributed by atoms with Gasteiger partial charge < -0.3 is 36.2 Å². The number of β-lactam (4-membered cyclic amide) rings is 1. The molecular weight excluding hydrogens is 659 g/mol. The number of nitrogens with two attached hydrogens (primary N) is 1. The van der Waals surface area contributed by atoms with Gasteiger partial charge in [-0.15, -0.1) is 16.9 Å². The Morgan fingerprint density at radius 1 is 1.24 bits per heavy atom. The number of rotatable bonds is 13. The Kier molecular flexibility index (Phi) is 10.4. The number of nitrogen functional groups attached to an aromatic ring is 1. The summed E-state index contributed by atoms with van der Waals surface area (Å²) in [5.74, 6) is -3.97. The molecule has 2 aliphatic rings. The highest BCUT2D eigenvalue weighted by molar-refractivity contribution is 8.01. The van der Waals surface area contributed by atoms with E-state index < -0.39 is 59.1 Å². The largest absolute Gasteiger partial charge is 0.480 e. The van der Waals surface area contributed by atoms with Gasteiger partial charge in [-0.3, -0.25) is 19.3 Å². The number of carbonyl (C=O) groups excluding carboxylic acids is 3. The summed E-state index contributed by atoms with van der Waals surface area (Å²) in [4.78, 5) is 71.6. The van der Waals surface area contributed by atoms with Gasteiger partial charge in [-0.2, -0.15) is 9.36 Å². The van der Waals surface area contributed by atoms with Gasteiger partial charge in [0.15, 0.2) is 5.13 Å². The normalized spacial score (nSPS) is 18.2. The highest BCUT2D eigenvalue weighted by Gasteiger charge is 2.54. The van der Waals surface area contributed by atoms with Crippen LogP contribution in [0.3, 0.4) is 0 Å². The summed E-state index contributed by atoms with van der Waals surface area (Å²) in [5.41, 5.74) is 4.71. The van der Waals surface area contributed by atoms with E-state index in [0.29, 0.717) is 5.57 Å². The lowest BCUT2D eigenvalue weighted by atomic mass is 10.0. The third-order valence-electron chi connectivity index (χ3n) is 5.58. The molecule has 0 spiro atoms. The molecule has 1 unspecified atom stereocenters. The van der Waals surface area contributed by atoms with Crippen LogP contribution in [0.4, 0.5) is 9.93 Å². The minimum atomic E-state index is -1.35. The number of amides is 3. The zero-order valence-electron chi connectivity index (χ0n) is 23.8. The van der Waals surface area contributed by atoms with Crippen molar-refractivity contribution in [1.82, 2.24) is 45.1 Å². The summed E-state index contributed by atoms with van der Waals surface area (Å²) in [5, 5.41) is 38.0. The van der Waals surface area contributed by atoms with Crippen LogP contribution in [0.1, 0.15) is 26.6 Å². The van der Waals surface area contributed by atoms with Crippen molar-refractivity contribution in [2.75, 3.05) is 30.4 Å². The quantitative estimate of drug-likeness (QED) is 0.0554. The molecule has 1 saturated heterocycles. The fraction of sp³-hybridized carbons (Fsp3) is 0.500. The third-order valence-corrected chi connectivity index (χ3v) is 8.51. The number of aliphatic carboxylic acids is 2. The van der Waals surface area contributed by atoms with Crippen LogP contribution in [-0.2, 0) is 35.3 Å². The summed E-state index contributed by atoms with van der Waals surface area (Å²) in [7, 11) is 0. The molecule has 4 heterocycles. The second-order valence-electron chi connectivity index (χ2n) is 10.1. The van der Waals surface area contributed by atoms with Gasteiger partial charge in [-0.1, -0.05) is 16.9 Å². The maximum atomic E-state index is 13.2. The predicted molar refractivity (Wildman–Crippen MR) is 157 cm³/mol. The lowest BCUT2D eigenvalue weighted by molar-refractivity contribution is -0.150. The second-order valence-corrected chi connectivity index (χ2v) is 12.9. The van der Waals surface area contributed by atoms with Crippen LogP contribution >= 0.6 is 35.1 Å². The van der Waals surface area contributed by atoms with Crippen LogP contribution in [0.2, 0.25) is 0 Å². The molecular formula is C22H27N11O9S3. The predicted octanol–water partition coefficient (Wildman–Crippen LogP) is -1.03. The van der Waals surface area contributed by atoms with E-state index in [9.17, 15) is 29.1 Å². The molecule has 1 fully saturated rings. The number of tetrazole rings is 1. The molecule has 242 valence electrons. The summed E-state index contributed by atoms with van der Waals surface area (Å²) in [6.45, 7) is 4.48. The summed E-state index contributed by atoms with van der Waals surface area (Å²) in [6, 6.07) is -1.11. The first-order valence-electron chi connectivity index (χ1n) is 12.8. The number of carboxylic acids is 2. The van der Waals surface area contributed by atoms with Crippen LogP contribution in [0.5, 0.6) is 0 Å². The van der Waals surface area contributed by atoms with Crippen LogP contribution in [0.15, 0.2) is 21.6 Å². The highest BCUT2D eigenvalue weighted by Crippen LogP contribution is 2.41. The van der Waals surface area contributed by atoms with Crippen molar-refractivity contribution in [2.45, 2.75) is 49.5 Å². The average Bonchev–Trinajstić information content (AvgIpc) is 3.58. The van der Waals surface area contributed by atoms with E-state index >= 15 is 0 Å².